The zero-order valence-corrected chi connectivity index (χ0v) is 12.5. The molecule has 21 heavy (non-hydrogen) atoms. The van der Waals surface area contributed by atoms with Gasteiger partial charge in [-0.05, 0) is 35.2 Å². The molecular weight excluding hydrogens is 267 g/mol. The van der Waals surface area contributed by atoms with Crippen LogP contribution >= 0.6 is 0 Å². The van der Waals surface area contributed by atoms with Crippen molar-refractivity contribution in [3.63, 3.8) is 0 Å². The highest BCUT2D eigenvalue weighted by Gasteiger charge is 2.17. The molecule has 110 valence electrons. The first-order valence-corrected chi connectivity index (χ1v) is 6.66. The van der Waals surface area contributed by atoms with E-state index in [-0.39, 0.29) is 17.0 Å². The second-order valence-electron chi connectivity index (χ2n) is 5.88. The van der Waals surface area contributed by atoms with E-state index < -0.39 is 5.82 Å². The molecule has 0 aliphatic rings. The van der Waals surface area contributed by atoms with Crippen LogP contribution in [0.3, 0.4) is 0 Å². The largest absolute Gasteiger partial charge is 0.435 e. The molecule has 1 aromatic carbocycles. The molecule has 1 aromatic heterocycles. The summed E-state index contributed by atoms with van der Waals surface area (Å²) in [7, 11) is 0. The molecule has 0 aliphatic heterocycles. The topological polar surface area (TPSA) is 48.1 Å². The Morgan fingerprint density at radius 3 is 2.57 bits per heavy atom. The summed E-state index contributed by atoms with van der Waals surface area (Å²) in [6, 6.07) is 8.38. The maximum absolute atomic E-state index is 14.2. The monoisotopic (exact) mass is 286 g/mol. The minimum atomic E-state index is -0.429. The number of hydrogen-bond acceptors (Lipinski definition) is 3. The van der Waals surface area contributed by atoms with E-state index in [1.807, 2.05) is 26.8 Å². The van der Waals surface area contributed by atoms with Gasteiger partial charge < -0.3 is 10.5 Å². The number of halogens is 1. The molecule has 0 bridgehead atoms. The average molecular weight is 286 g/mol. The van der Waals surface area contributed by atoms with Crippen molar-refractivity contribution >= 4 is 5.70 Å². The molecular formula is C17H19FN2O. The van der Waals surface area contributed by atoms with Gasteiger partial charge in [0, 0.05) is 11.9 Å². The van der Waals surface area contributed by atoms with Crippen LogP contribution in [0.5, 0.6) is 11.6 Å². The van der Waals surface area contributed by atoms with Crippen LogP contribution < -0.4 is 10.5 Å². The Morgan fingerprint density at radius 1 is 1.29 bits per heavy atom. The van der Waals surface area contributed by atoms with Crippen molar-refractivity contribution in [2.24, 2.45) is 5.73 Å². The van der Waals surface area contributed by atoms with Crippen LogP contribution in [0.4, 0.5) is 4.39 Å². The highest BCUT2D eigenvalue weighted by atomic mass is 19.1. The maximum Gasteiger partial charge on any atom is 0.228 e. The Kier molecular flexibility index (Phi) is 3.98. The fraction of sp³-hybridized carbons (Fsp3) is 0.235. The minimum Gasteiger partial charge on any atom is -0.435 e. The molecule has 2 aromatic rings. The molecule has 0 aliphatic carbocycles. The highest BCUT2D eigenvalue weighted by Crippen LogP contribution is 2.31. The second-order valence-corrected chi connectivity index (χ2v) is 5.88. The van der Waals surface area contributed by atoms with Gasteiger partial charge in [-0.1, -0.05) is 33.4 Å². The molecule has 2 rings (SSSR count). The first-order valence-electron chi connectivity index (χ1n) is 6.66. The summed E-state index contributed by atoms with van der Waals surface area (Å²) in [5, 5.41) is 0. The number of nitrogens with two attached hydrogens (primary N) is 1. The van der Waals surface area contributed by atoms with E-state index in [1.54, 1.807) is 24.4 Å². The average Bonchev–Trinajstić information content (AvgIpc) is 2.40. The van der Waals surface area contributed by atoms with Crippen LogP contribution in [0.25, 0.3) is 5.70 Å². The van der Waals surface area contributed by atoms with Crippen LogP contribution in [-0.4, -0.2) is 4.98 Å². The lowest BCUT2D eigenvalue weighted by Crippen LogP contribution is -2.11. The summed E-state index contributed by atoms with van der Waals surface area (Å²) in [6.45, 7) is 9.74. The molecule has 0 amide bonds. The molecule has 0 spiro atoms. The SMILES string of the molecule is C=C(N)c1cccnc1Oc1ccc(C(C)(C)C)cc1F. The van der Waals surface area contributed by atoms with Gasteiger partial charge in [-0.15, -0.1) is 0 Å². The van der Waals surface area contributed by atoms with E-state index in [1.165, 1.54) is 6.07 Å². The number of pyridine rings is 1. The minimum absolute atomic E-state index is 0.115. The number of ether oxygens (including phenoxy) is 1. The van der Waals surface area contributed by atoms with Gasteiger partial charge >= 0.3 is 0 Å². The third-order valence-corrected chi connectivity index (χ3v) is 3.12. The summed E-state index contributed by atoms with van der Waals surface area (Å²) >= 11 is 0. The summed E-state index contributed by atoms with van der Waals surface area (Å²) in [6.07, 6.45) is 1.56. The van der Waals surface area contributed by atoms with Crippen molar-refractivity contribution in [3.8, 4) is 11.6 Å². The van der Waals surface area contributed by atoms with Crippen LogP contribution in [0, 0.1) is 5.82 Å². The Labute approximate surface area is 124 Å². The molecule has 0 saturated carbocycles. The Hall–Kier alpha value is -2.36. The normalized spacial score (nSPS) is 11.2. The fourth-order valence-electron chi connectivity index (χ4n) is 1.87. The van der Waals surface area contributed by atoms with Crippen LogP contribution in [0.2, 0.25) is 0 Å². The van der Waals surface area contributed by atoms with E-state index in [9.17, 15) is 4.39 Å². The maximum atomic E-state index is 14.2. The van der Waals surface area contributed by atoms with E-state index in [0.29, 0.717) is 11.3 Å². The van der Waals surface area contributed by atoms with E-state index in [0.717, 1.165) is 5.56 Å². The Balaban J connectivity index is 2.35. The third-order valence-electron chi connectivity index (χ3n) is 3.12. The standard InChI is InChI=1S/C17H19FN2O/c1-11(19)13-6-5-9-20-16(13)21-15-8-7-12(10-14(15)18)17(2,3)4/h5-10H,1,19H2,2-4H3. The molecule has 0 saturated heterocycles. The van der Waals surface area contributed by atoms with Gasteiger partial charge in [0.1, 0.15) is 0 Å². The van der Waals surface area contributed by atoms with E-state index in [4.69, 9.17) is 10.5 Å². The van der Waals surface area contributed by atoms with Crippen LogP contribution in [0.1, 0.15) is 31.9 Å². The molecule has 2 N–H and O–H groups in total. The predicted octanol–water partition coefficient (Wildman–Crippen LogP) is 4.24. The number of aromatic nitrogens is 1. The number of benzene rings is 1. The second kappa shape index (κ2) is 5.56. The van der Waals surface area contributed by atoms with Crippen LogP contribution in [-0.2, 0) is 5.41 Å². The summed E-state index contributed by atoms with van der Waals surface area (Å²) in [4.78, 5) is 4.08. The van der Waals surface area contributed by atoms with Gasteiger partial charge in [-0.25, -0.2) is 9.37 Å². The molecule has 0 atom stereocenters. The van der Waals surface area contributed by atoms with Gasteiger partial charge in [0.05, 0.1) is 5.56 Å². The zero-order valence-electron chi connectivity index (χ0n) is 12.5. The first kappa shape index (κ1) is 15.0. The molecule has 4 heteroatoms. The molecule has 0 fully saturated rings. The molecule has 3 nitrogen and oxygen atoms in total. The third kappa shape index (κ3) is 3.40. The van der Waals surface area contributed by atoms with Crippen molar-refractivity contribution in [2.45, 2.75) is 26.2 Å². The first-order chi connectivity index (χ1) is 9.79. The van der Waals surface area contributed by atoms with Gasteiger partial charge in [-0.3, -0.25) is 0 Å². The predicted molar refractivity (Wildman–Crippen MR) is 82.6 cm³/mol. The van der Waals surface area contributed by atoms with E-state index >= 15 is 0 Å². The smallest absolute Gasteiger partial charge is 0.228 e. The molecule has 1 heterocycles. The van der Waals surface area contributed by atoms with Gasteiger partial charge in [0.15, 0.2) is 11.6 Å². The summed E-state index contributed by atoms with van der Waals surface area (Å²) in [5.74, 6) is -0.0710. The Bertz CT molecular complexity index is 675. The fourth-order valence-corrected chi connectivity index (χ4v) is 1.87. The van der Waals surface area contributed by atoms with Gasteiger partial charge in [-0.2, -0.15) is 0 Å². The van der Waals surface area contributed by atoms with E-state index in [2.05, 4.69) is 11.6 Å². The lowest BCUT2D eigenvalue weighted by atomic mass is 9.87. The zero-order chi connectivity index (χ0) is 15.6. The van der Waals surface area contributed by atoms with Crippen molar-refractivity contribution in [1.82, 2.24) is 4.98 Å². The van der Waals surface area contributed by atoms with Crippen molar-refractivity contribution in [3.05, 3.63) is 60.1 Å². The van der Waals surface area contributed by atoms with Crippen molar-refractivity contribution < 1.29 is 9.13 Å². The number of rotatable bonds is 3. The molecule has 0 unspecified atom stereocenters. The van der Waals surface area contributed by atoms with Crippen LogP contribution in [0.15, 0.2) is 43.1 Å². The number of nitrogens with zero attached hydrogens (tertiary/aromatic N) is 1. The number of hydrogen-bond donors (Lipinski definition) is 1. The summed E-state index contributed by atoms with van der Waals surface area (Å²) < 4.78 is 19.7. The van der Waals surface area contributed by atoms with Gasteiger partial charge in [0.25, 0.3) is 0 Å². The Morgan fingerprint density at radius 2 is 2.00 bits per heavy atom. The van der Waals surface area contributed by atoms with Crippen molar-refractivity contribution in [2.75, 3.05) is 0 Å². The molecule has 0 radical (unpaired) electrons. The quantitative estimate of drug-likeness (QED) is 0.918. The lowest BCUT2D eigenvalue weighted by Gasteiger charge is -2.19. The van der Waals surface area contributed by atoms with Crippen molar-refractivity contribution in [1.29, 1.82) is 0 Å². The lowest BCUT2D eigenvalue weighted by molar-refractivity contribution is 0.424. The highest BCUT2D eigenvalue weighted by molar-refractivity contribution is 5.64. The summed E-state index contributed by atoms with van der Waals surface area (Å²) in [5.41, 5.74) is 7.33. The van der Waals surface area contributed by atoms with Gasteiger partial charge in [0.2, 0.25) is 5.88 Å².